The van der Waals surface area contributed by atoms with E-state index in [9.17, 15) is 4.79 Å². The number of likely N-dealkylation sites (tertiary alicyclic amines) is 1. The molecule has 2 unspecified atom stereocenters. The molecule has 1 aliphatic heterocycles. The van der Waals surface area contributed by atoms with Crippen LogP contribution in [0.15, 0.2) is 0 Å². The number of primary amides is 1. The van der Waals surface area contributed by atoms with E-state index in [0.717, 1.165) is 26.1 Å². The molecule has 2 atom stereocenters. The van der Waals surface area contributed by atoms with Crippen molar-refractivity contribution in [3.63, 3.8) is 0 Å². The molecule has 0 aromatic carbocycles. The van der Waals surface area contributed by atoms with Crippen LogP contribution >= 0.6 is 0 Å². The van der Waals surface area contributed by atoms with Crippen LogP contribution in [-0.2, 0) is 4.79 Å². The summed E-state index contributed by atoms with van der Waals surface area (Å²) in [4.78, 5) is 16.5. The molecule has 1 heterocycles. The maximum absolute atomic E-state index is 11.7. The van der Waals surface area contributed by atoms with Crippen LogP contribution in [-0.4, -0.2) is 67.1 Å². The van der Waals surface area contributed by atoms with Crippen LogP contribution in [0.3, 0.4) is 0 Å². The number of likely N-dealkylation sites (N-methyl/N-ethyl adjacent to an activating group) is 2. The lowest BCUT2D eigenvalue weighted by Gasteiger charge is -2.34. The van der Waals surface area contributed by atoms with Crippen molar-refractivity contribution in [3.05, 3.63) is 0 Å². The van der Waals surface area contributed by atoms with Gasteiger partial charge in [-0.1, -0.05) is 13.8 Å². The van der Waals surface area contributed by atoms with Crippen LogP contribution in [0.5, 0.6) is 0 Å². The van der Waals surface area contributed by atoms with Gasteiger partial charge < -0.3 is 16.0 Å². The SMILES string of the molecule is CCCNC(C)(CN(C)CC1CCCN1CC)C(N)=O. The molecular formula is C15H32N4O. The molecule has 1 saturated heterocycles. The maximum Gasteiger partial charge on any atom is 0.238 e. The van der Waals surface area contributed by atoms with Gasteiger partial charge in [-0.05, 0) is 52.9 Å². The second-order valence-electron chi connectivity index (χ2n) is 6.24. The van der Waals surface area contributed by atoms with Crippen molar-refractivity contribution in [2.75, 3.05) is 39.8 Å². The molecule has 3 N–H and O–H groups in total. The number of nitrogens with one attached hydrogen (secondary N) is 1. The van der Waals surface area contributed by atoms with Crippen molar-refractivity contribution in [1.82, 2.24) is 15.1 Å². The van der Waals surface area contributed by atoms with Gasteiger partial charge in [-0.3, -0.25) is 9.69 Å². The molecule has 1 amide bonds. The fourth-order valence-electron chi connectivity index (χ4n) is 3.10. The molecule has 0 saturated carbocycles. The highest BCUT2D eigenvalue weighted by Crippen LogP contribution is 2.18. The lowest BCUT2D eigenvalue weighted by molar-refractivity contribution is -0.124. The van der Waals surface area contributed by atoms with E-state index in [2.05, 4.69) is 36.0 Å². The summed E-state index contributed by atoms with van der Waals surface area (Å²) < 4.78 is 0. The van der Waals surface area contributed by atoms with Gasteiger partial charge in [-0.15, -0.1) is 0 Å². The predicted octanol–water partition coefficient (Wildman–Crippen LogP) is 0.646. The Morgan fingerprint density at radius 1 is 1.50 bits per heavy atom. The lowest BCUT2D eigenvalue weighted by atomic mass is 10.00. The van der Waals surface area contributed by atoms with Gasteiger partial charge in [-0.2, -0.15) is 0 Å². The Labute approximate surface area is 123 Å². The number of carbonyl (C=O) groups excluding carboxylic acids is 1. The number of hydrogen-bond acceptors (Lipinski definition) is 4. The van der Waals surface area contributed by atoms with Gasteiger partial charge in [0.25, 0.3) is 0 Å². The molecule has 1 aliphatic rings. The molecule has 0 bridgehead atoms. The standard InChI is InChI=1S/C15H32N4O/c1-5-9-17-15(3,14(16)20)12-18(4)11-13-8-7-10-19(13)6-2/h13,17H,5-12H2,1-4H3,(H2,16,20). The van der Waals surface area contributed by atoms with Gasteiger partial charge in [-0.25, -0.2) is 0 Å². The van der Waals surface area contributed by atoms with Crippen LogP contribution < -0.4 is 11.1 Å². The minimum absolute atomic E-state index is 0.267. The summed E-state index contributed by atoms with van der Waals surface area (Å²) in [5.41, 5.74) is 4.94. The summed E-state index contributed by atoms with van der Waals surface area (Å²) in [7, 11) is 2.08. The number of carbonyl (C=O) groups is 1. The molecule has 0 aromatic rings. The van der Waals surface area contributed by atoms with E-state index in [1.54, 1.807) is 0 Å². The summed E-state index contributed by atoms with van der Waals surface area (Å²) >= 11 is 0. The molecule has 0 radical (unpaired) electrons. The van der Waals surface area contributed by atoms with Crippen LogP contribution in [0.2, 0.25) is 0 Å². The molecule has 5 nitrogen and oxygen atoms in total. The van der Waals surface area contributed by atoms with Gasteiger partial charge >= 0.3 is 0 Å². The van der Waals surface area contributed by atoms with E-state index in [4.69, 9.17) is 5.73 Å². The molecule has 1 fully saturated rings. The van der Waals surface area contributed by atoms with Crippen LogP contribution in [0.25, 0.3) is 0 Å². The predicted molar refractivity (Wildman–Crippen MR) is 83.7 cm³/mol. The molecule has 0 aliphatic carbocycles. The first-order valence-electron chi connectivity index (χ1n) is 7.90. The zero-order valence-electron chi connectivity index (χ0n) is 13.6. The fraction of sp³-hybridized carbons (Fsp3) is 0.933. The topological polar surface area (TPSA) is 61.6 Å². The Morgan fingerprint density at radius 3 is 2.75 bits per heavy atom. The van der Waals surface area contributed by atoms with Crippen molar-refractivity contribution in [2.24, 2.45) is 5.73 Å². The Kier molecular flexibility index (Phi) is 6.92. The molecule has 1 rings (SSSR count). The van der Waals surface area contributed by atoms with Gasteiger partial charge in [0.1, 0.15) is 5.54 Å². The average Bonchev–Trinajstić information content (AvgIpc) is 2.83. The first-order chi connectivity index (χ1) is 9.42. The van der Waals surface area contributed by atoms with Crippen LogP contribution in [0.1, 0.15) is 40.0 Å². The first kappa shape index (κ1) is 17.4. The third-order valence-electron chi connectivity index (χ3n) is 4.32. The average molecular weight is 284 g/mol. The minimum atomic E-state index is -0.638. The first-order valence-corrected chi connectivity index (χ1v) is 7.90. The normalized spacial score (nSPS) is 23.1. The molecule has 0 spiro atoms. The van der Waals surface area contributed by atoms with E-state index in [0.29, 0.717) is 12.6 Å². The quantitative estimate of drug-likeness (QED) is 0.652. The number of nitrogens with two attached hydrogens (primary N) is 1. The Bertz CT molecular complexity index is 310. The maximum atomic E-state index is 11.7. The summed E-state index contributed by atoms with van der Waals surface area (Å²) in [6, 6.07) is 0.619. The highest BCUT2D eigenvalue weighted by molar-refractivity contribution is 5.84. The second-order valence-corrected chi connectivity index (χ2v) is 6.24. The number of hydrogen-bond donors (Lipinski definition) is 2. The number of rotatable bonds is 9. The number of amides is 1. The van der Waals surface area contributed by atoms with Crippen LogP contribution in [0.4, 0.5) is 0 Å². The third-order valence-corrected chi connectivity index (χ3v) is 4.32. The van der Waals surface area contributed by atoms with E-state index in [-0.39, 0.29) is 5.91 Å². The van der Waals surface area contributed by atoms with Crippen molar-refractivity contribution >= 4 is 5.91 Å². The summed E-state index contributed by atoms with van der Waals surface area (Å²) in [6.07, 6.45) is 3.54. The highest BCUT2D eigenvalue weighted by atomic mass is 16.1. The summed E-state index contributed by atoms with van der Waals surface area (Å²) in [6.45, 7) is 11.0. The zero-order chi connectivity index (χ0) is 15.2. The van der Waals surface area contributed by atoms with Gasteiger partial charge in [0, 0.05) is 19.1 Å². The van der Waals surface area contributed by atoms with E-state index < -0.39 is 5.54 Å². The molecule has 5 heteroatoms. The monoisotopic (exact) mass is 284 g/mol. The van der Waals surface area contributed by atoms with Gasteiger partial charge in [0.05, 0.1) is 0 Å². The Balaban J connectivity index is 2.53. The Morgan fingerprint density at radius 2 is 2.20 bits per heavy atom. The van der Waals surface area contributed by atoms with Crippen molar-refractivity contribution in [1.29, 1.82) is 0 Å². The summed E-state index contributed by atoms with van der Waals surface area (Å²) in [5, 5.41) is 3.30. The fourth-order valence-corrected chi connectivity index (χ4v) is 3.10. The van der Waals surface area contributed by atoms with E-state index in [1.807, 2.05) is 6.92 Å². The van der Waals surface area contributed by atoms with Gasteiger partial charge in [0.2, 0.25) is 5.91 Å². The zero-order valence-corrected chi connectivity index (χ0v) is 13.6. The van der Waals surface area contributed by atoms with E-state index >= 15 is 0 Å². The molecule has 118 valence electrons. The van der Waals surface area contributed by atoms with Gasteiger partial charge in [0.15, 0.2) is 0 Å². The second kappa shape index (κ2) is 7.96. The minimum Gasteiger partial charge on any atom is -0.368 e. The van der Waals surface area contributed by atoms with Crippen molar-refractivity contribution in [3.8, 4) is 0 Å². The molecule has 20 heavy (non-hydrogen) atoms. The van der Waals surface area contributed by atoms with Crippen LogP contribution in [0, 0.1) is 0 Å². The highest BCUT2D eigenvalue weighted by Gasteiger charge is 2.33. The van der Waals surface area contributed by atoms with Crippen molar-refractivity contribution in [2.45, 2.75) is 51.6 Å². The third kappa shape index (κ3) is 4.72. The number of nitrogens with zero attached hydrogens (tertiary/aromatic N) is 2. The van der Waals surface area contributed by atoms with Crippen molar-refractivity contribution < 1.29 is 4.79 Å². The smallest absolute Gasteiger partial charge is 0.238 e. The molecule has 0 aromatic heterocycles. The Hall–Kier alpha value is -0.650. The summed E-state index contributed by atoms with van der Waals surface area (Å²) in [5.74, 6) is -0.267. The molecular weight excluding hydrogens is 252 g/mol. The largest absolute Gasteiger partial charge is 0.368 e. The van der Waals surface area contributed by atoms with E-state index in [1.165, 1.54) is 19.4 Å². The lowest BCUT2D eigenvalue weighted by Crippen LogP contribution is -2.60.